The van der Waals surface area contributed by atoms with Crippen LogP contribution in [0.3, 0.4) is 0 Å². The summed E-state index contributed by atoms with van der Waals surface area (Å²) < 4.78 is 19.0. The van der Waals surface area contributed by atoms with Gasteiger partial charge in [0, 0.05) is 17.3 Å². The molecular formula is C13H17BrFNO3. The van der Waals surface area contributed by atoms with Crippen LogP contribution < -0.4 is 4.74 Å². The van der Waals surface area contributed by atoms with Crippen molar-refractivity contribution in [2.24, 2.45) is 11.3 Å². The van der Waals surface area contributed by atoms with Gasteiger partial charge in [-0.3, -0.25) is 10.1 Å². The molecule has 1 atom stereocenters. The first kappa shape index (κ1) is 15.9. The highest BCUT2D eigenvalue weighted by atomic mass is 79.9. The average Bonchev–Trinajstić information content (AvgIpc) is 2.29. The lowest BCUT2D eigenvalue weighted by atomic mass is 9.83. The molecular weight excluding hydrogens is 317 g/mol. The first-order valence-electron chi connectivity index (χ1n) is 5.88. The third-order valence-corrected chi connectivity index (χ3v) is 3.76. The molecule has 4 nitrogen and oxygen atoms in total. The number of hydrogen-bond donors (Lipinski definition) is 0. The van der Waals surface area contributed by atoms with Gasteiger partial charge in [-0.25, -0.2) is 4.39 Å². The van der Waals surface area contributed by atoms with Gasteiger partial charge in [0.2, 0.25) is 0 Å². The molecule has 0 bridgehead atoms. The zero-order valence-corrected chi connectivity index (χ0v) is 12.7. The van der Waals surface area contributed by atoms with Crippen LogP contribution in [0.4, 0.5) is 10.1 Å². The van der Waals surface area contributed by atoms with E-state index in [0.717, 1.165) is 11.4 Å². The van der Waals surface area contributed by atoms with Crippen LogP contribution in [0.25, 0.3) is 0 Å². The summed E-state index contributed by atoms with van der Waals surface area (Å²) in [5, 5.41) is 11.2. The molecule has 0 aliphatic carbocycles. The third-order valence-electron chi connectivity index (χ3n) is 2.98. The molecule has 0 spiro atoms. The number of hydrogen-bond acceptors (Lipinski definition) is 3. The van der Waals surface area contributed by atoms with E-state index >= 15 is 0 Å². The molecule has 19 heavy (non-hydrogen) atoms. The molecule has 0 aliphatic heterocycles. The fraction of sp³-hybridized carbons (Fsp3) is 0.538. The van der Waals surface area contributed by atoms with Gasteiger partial charge in [-0.2, -0.15) is 0 Å². The van der Waals surface area contributed by atoms with Crippen molar-refractivity contribution in [3.05, 3.63) is 34.1 Å². The highest BCUT2D eigenvalue weighted by Gasteiger charge is 2.24. The Hall–Kier alpha value is -1.17. The van der Waals surface area contributed by atoms with Crippen molar-refractivity contribution in [2.45, 2.75) is 20.8 Å². The smallest absolute Gasteiger partial charge is 0.272 e. The molecule has 0 amide bonds. The molecule has 0 aliphatic rings. The third kappa shape index (κ3) is 4.45. The van der Waals surface area contributed by atoms with Gasteiger partial charge in [-0.1, -0.05) is 36.7 Å². The van der Waals surface area contributed by atoms with E-state index in [1.807, 2.05) is 0 Å². The summed E-state index contributed by atoms with van der Waals surface area (Å²) in [7, 11) is 0. The number of nitrogens with zero attached hydrogens (tertiary/aromatic N) is 1. The van der Waals surface area contributed by atoms with Gasteiger partial charge < -0.3 is 4.74 Å². The molecule has 1 rings (SSSR count). The predicted molar refractivity (Wildman–Crippen MR) is 75.3 cm³/mol. The van der Waals surface area contributed by atoms with Crippen molar-refractivity contribution in [1.29, 1.82) is 0 Å². The number of nitro benzene ring substituents is 1. The van der Waals surface area contributed by atoms with Gasteiger partial charge in [0.05, 0.1) is 17.6 Å². The van der Waals surface area contributed by atoms with Crippen LogP contribution in [-0.2, 0) is 0 Å². The van der Waals surface area contributed by atoms with Crippen LogP contribution in [0.1, 0.15) is 20.8 Å². The van der Waals surface area contributed by atoms with E-state index in [1.165, 1.54) is 12.1 Å². The second kappa shape index (κ2) is 6.32. The van der Waals surface area contributed by atoms with Crippen molar-refractivity contribution in [3.8, 4) is 5.75 Å². The zero-order chi connectivity index (χ0) is 14.6. The summed E-state index contributed by atoms with van der Waals surface area (Å²) in [6.45, 7) is 6.58. The Morgan fingerprint density at radius 2 is 2.11 bits per heavy atom. The summed E-state index contributed by atoms with van der Waals surface area (Å²) >= 11 is 3.41. The van der Waals surface area contributed by atoms with Crippen molar-refractivity contribution in [1.82, 2.24) is 0 Å². The Morgan fingerprint density at radius 1 is 1.47 bits per heavy atom. The summed E-state index contributed by atoms with van der Waals surface area (Å²) in [5.41, 5.74) is -0.251. The molecule has 0 N–H and O–H groups in total. The second-order valence-corrected chi connectivity index (χ2v) is 6.05. The van der Waals surface area contributed by atoms with Crippen LogP contribution in [0.5, 0.6) is 5.75 Å². The normalized spacial score (nSPS) is 13.1. The summed E-state index contributed by atoms with van der Waals surface area (Å²) in [6, 6.07) is 3.40. The van der Waals surface area contributed by atoms with E-state index in [2.05, 4.69) is 36.7 Å². The fourth-order valence-corrected chi connectivity index (χ4v) is 2.59. The average molecular weight is 334 g/mol. The lowest BCUT2D eigenvalue weighted by Gasteiger charge is -2.28. The van der Waals surface area contributed by atoms with Crippen LogP contribution in [0.2, 0.25) is 0 Å². The minimum Gasteiger partial charge on any atom is -0.490 e. The van der Waals surface area contributed by atoms with Crippen molar-refractivity contribution < 1.29 is 14.1 Å². The second-order valence-electron chi connectivity index (χ2n) is 5.40. The quantitative estimate of drug-likeness (QED) is 0.461. The number of halogens is 2. The molecule has 106 valence electrons. The molecule has 6 heteroatoms. The first-order chi connectivity index (χ1) is 8.75. The van der Waals surface area contributed by atoms with Crippen molar-refractivity contribution >= 4 is 21.6 Å². The largest absolute Gasteiger partial charge is 0.490 e. The maximum atomic E-state index is 13.6. The number of alkyl halides is 1. The van der Waals surface area contributed by atoms with Gasteiger partial charge in [-0.05, 0) is 11.5 Å². The Bertz CT molecular complexity index is 460. The van der Waals surface area contributed by atoms with Gasteiger partial charge >= 0.3 is 0 Å². The van der Waals surface area contributed by atoms with Gasteiger partial charge in [0.15, 0.2) is 11.6 Å². The van der Waals surface area contributed by atoms with Crippen LogP contribution in [0.15, 0.2) is 18.2 Å². The monoisotopic (exact) mass is 333 g/mol. The molecule has 0 saturated heterocycles. The van der Waals surface area contributed by atoms with Gasteiger partial charge in [0.1, 0.15) is 0 Å². The molecule has 1 aromatic carbocycles. The van der Waals surface area contributed by atoms with Gasteiger partial charge in [-0.15, -0.1) is 0 Å². The van der Waals surface area contributed by atoms with Crippen LogP contribution >= 0.6 is 15.9 Å². The maximum absolute atomic E-state index is 13.6. The predicted octanol–water partition coefficient (Wildman–Crippen LogP) is 4.17. The zero-order valence-electron chi connectivity index (χ0n) is 11.2. The Labute approximate surface area is 120 Å². The van der Waals surface area contributed by atoms with Crippen molar-refractivity contribution in [2.75, 3.05) is 11.9 Å². The summed E-state index contributed by atoms with van der Waals surface area (Å²) in [4.78, 5) is 9.86. The summed E-state index contributed by atoms with van der Waals surface area (Å²) in [6.07, 6.45) is 0. The molecule has 0 aromatic heterocycles. The SMILES string of the molecule is CC(C)(C)C(CBr)COc1ccc([N+](=O)[O-])cc1F. The van der Waals surface area contributed by atoms with Gasteiger partial charge in [0.25, 0.3) is 5.69 Å². The Balaban J connectivity index is 2.76. The molecule has 1 unspecified atom stereocenters. The van der Waals surface area contributed by atoms with E-state index in [9.17, 15) is 14.5 Å². The highest BCUT2D eigenvalue weighted by Crippen LogP contribution is 2.29. The standard InChI is InChI=1S/C13H17BrFNO3/c1-13(2,3)9(7-14)8-19-12-5-4-10(16(17)18)6-11(12)15/h4-6,9H,7-8H2,1-3H3. The number of ether oxygens (including phenoxy) is 1. The first-order valence-corrected chi connectivity index (χ1v) is 7.00. The van der Waals surface area contributed by atoms with Crippen LogP contribution in [0, 0.1) is 27.3 Å². The van der Waals surface area contributed by atoms with Crippen LogP contribution in [-0.4, -0.2) is 16.9 Å². The molecule has 0 heterocycles. The molecule has 1 aromatic rings. The maximum Gasteiger partial charge on any atom is 0.272 e. The Kier molecular flexibility index (Phi) is 5.29. The summed E-state index contributed by atoms with van der Waals surface area (Å²) in [5.74, 6) is -0.459. The lowest BCUT2D eigenvalue weighted by Crippen LogP contribution is -2.28. The van der Waals surface area contributed by atoms with E-state index < -0.39 is 10.7 Å². The minimum absolute atomic E-state index is 0.0285. The highest BCUT2D eigenvalue weighted by molar-refractivity contribution is 9.09. The molecule has 0 fully saturated rings. The number of non-ortho nitro benzene ring substituents is 1. The number of nitro groups is 1. The van der Waals surface area contributed by atoms with E-state index in [0.29, 0.717) is 6.61 Å². The van der Waals surface area contributed by atoms with Crippen molar-refractivity contribution in [3.63, 3.8) is 0 Å². The molecule has 0 saturated carbocycles. The topological polar surface area (TPSA) is 52.4 Å². The van der Waals surface area contributed by atoms with E-state index in [4.69, 9.17) is 4.74 Å². The lowest BCUT2D eigenvalue weighted by molar-refractivity contribution is -0.385. The number of rotatable bonds is 5. The Morgan fingerprint density at radius 3 is 2.53 bits per heavy atom. The fourth-order valence-electron chi connectivity index (χ4n) is 1.44. The number of benzene rings is 1. The molecule has 0 radical (unpaired) electrons. The van der Waals surface area contributed by atoms with E-state index in [-0.39, 0.29) is 22.8 Å². The van der Waals surface area contributed by atoms with E-state index in [1.54, 1.807) is 0 Å². The minimum atomic E-state index is -0.712.